The van der Waals surface area contributed by atoms with Crippen LogP contribution in [-0.4, -0.2) is 32.6 Å². The zero-order valence-corrected chi connectivity index (χ0v) is 12.2. The van der Waals surface area contributed by atoms with Crippen molar-refractivity contribution in [3.8, 4) is 0 Å². The van der Waals surface area contributed by atoms with Crippen molar-refractivity contribution in [3.05, 3.63) is 48.2 Å². The predicted molar refractivity (Wildman–Crippen MR) is 82.5 cm³/mol. The molecule has 0 spiro atoms. The number of anilines is 1. The second-order valence-electron chi connectivity index (χ2n) is 5.61. The van der Waals surface area contributed by atoms with E-state index >= 15 is 0 Å². The van der Waals surface area contributed by atoms with Gasteiger partial charge in [0.05, 0.1) is 23.4 Å². The van der Waals surface area contributed by atoms with E-state index in [2.05, 4.69) is 49.5 Å². The van der Waals surface area contributed by atoms with Gasteiger partial charge in [0.25, 0.3) is 0 Å². The average molecular weight is 279 g/mol. The Balaban J connectivity index is 1.59. The monoisotopic (exact) mass is 279 g/mol. The lowest BCUT2D eigenvalue weighted by Crippen LogP contribution is -2.48. The summed E-state index contributed by atoms with van der Waals surface area (Å²) in [5.74, 6) is 1.06. The number of imidazole rings is 1. The highest BCUT2D eigenvalue weighted by Gasteiger charge is 2.31. The lowest BCUT2D eigenvalue weighted by molar-refractivity contribution is 0.404. The molecule has 106 valence electrons. The number of nitrogens with zero attached hydrogens (tertiary/aromatic N) is 5. The van der Waals surface area contributed by atoms with Crippen LogP contribution in [0.4, 0.5) is 5.82 Å². The topological polar surface area (TPSA) is 46.8 Å². The van der Waals surface area contributed by atoms with Crippen LogP contribution in [0, 0.1) is 13.8 Å². The molecule has 3 heterocycles. The molecule has 1 fully saturated rings. The molecule has 0 N–H and O–H groups in total. The minimum Gasteiger partial charge on any atom is -0.352 e. The zero-order chi connectivity index (χ0) is 14.4. The van der Waals surface area contributed by atoms with E-state index in [0.29, 0.717) is 6.04 Å². The fourth-order valence-electron chi connectivity index (χ4n) is 2.92. The quantitative estimate of drug-likeness (QED) is 0.723. The molecule has 0 amide bonds. The van der Waals surface area contributed by atoms with E-state index in [1.54, 1.807) is 6.33 Å². The lowest BCUT2D eigenvalue weighted by atomic mass is 10.1. The van der Waals surface area contributed by atoms with Gasteiger partial charge in [-0.1, -0.05) is 12.1 Å². The van der Waals surface area contributed by atoms with Gasteiger partial charge in [-0.3, -0.25) is 0 Å². The van der Waals surface area contributed by atoms with Crippen LogP contribution in [0.1, 0.15) is 17.3 Å². The van der Waals surface area contributed by atoms with Gasteiger partial charge in [0.15, 0.2) is 0 Å². The lowest BCUT2D eigenvalue weighted by Gasteiger charge is -2.41. The summed E-state index contributed by atoms with van der Waals surface area (Å²) in [4.78, 5) is 15.4. The first kappa shape index (κ1) is 12.3. The SMILES string of the molecule is Cc1ncnc(N2CC(n3cnc4ccccc43)C2)c1C. The van der Waals surface area contributed by atoms with Gasteiger partial charge in [0.1, 0.15) is 12.1 Å². The Morgan fingerprint density at radius 1 is 1.05 bits per heavy atom. The average Bonchev–Trinajstić information content (AvgIpc) is 2.86. The number of hydrogen-bond donors (Lipinski definition) is 0. The van der Waals surface area contributed by atoms with Crippen LogP contribution in [0.15, 0.2) is 36.9 Å². The summed E-state index contributed by atoms with van der Waals surface area (Å²) in [7, 11) is 0. The number of aryl methyl sites for hydroxylation is 1. The summed E-state index contributed by atoms with van der Waals surface area (Å²) < 4.78 is 2.27. The van der Waals surface area contributed by atoms with Gasteiger partial charge in [0, 0.05) is 24.3 Å². The molecule has 1 saturated heterocycles. The van der Waals surface area contributed by atoms with E-state index in [0.717, 1.165) is 30.1 Å². The van der Waals surface area contributed by atoms with E-state index in [9.17, 15) is 0 Å². The van der Waals surface area contributed by atoms with Crippen molar-refractivity contribution in [3.63, 3.8) is 0 Å². The maximum Gasteiger partial charge on any atom is 0.135 e. The van der Waals surface area contributed by atoms with E-state index in [-0.39, 0.29) is 0 Å². The Morgan fingerprint density at radius 2 is 1.86 bits per heavy atom. The molecule has 0 atom stereocenters. The highest BCUT2D eigenvalue weighted by molar-refractivity contribution is 5.75. The summed E-state index contributed by atoms with van der Waals surface area (Å²) in [6.07, 6.45) is 3.60. The largest absolute Gasteiger partial charge is 0.352 e. The Labute approximate surface area is 123 Å². The minimum absolute atomic E-state index is 0.465. The molecule has 3 aromatic rings. The first-order chi connectivity index (χ1) is 10.2. The summed E-state index contributed by atoms with van der Waals surface area (Å²) in [5, 5.41) is 0. The van der Waals surface area contributed by atoms with E-state index in [4.69, 9.17) is 0 Å². The highest BCUT2D eigenvalue weighted by Crippen LogP contribution is 2.30. The number of benzene rings is 1. The first-order valence-electron chi connectivity index (χ1n) is 7.19. The van der Waals surface area contributed by atoms with Crippen LogP contribution < -0.4 is 4.90 Å². The molecule has 21 heavy (non-hydrogen) atoms. The Bertz CT molecular complexity index is 801. The van der Waals surface area contributed by atoms with Gasteiger partial charge in [-0.25, -0.2) is 15.0 Å². The summed E-state index contributed by atoms with van der Waals surface area (Å²) in [6, 6.07) is 8.74. The first-order valence-corrected chi connectivity index (χ1v) is 7.19. The number of rotatable bonds is 2. The van der Waals surface area contributed by atoms with Crippen molar-refractivity contribution in [2.75, 3.05) is 18.0 Å². The van der Waals surface area contributed by atoms with Crippen LogP contribution in [0.3, 0.4) is 0 Å². The Kier molecular flexibility index (Phi) is 2.67. The number of fused-ring (bicyclic) bond motifs is 1. The van der Waals surface area contributed by atoms with Gasteiger partial charge in [-0.05, 0) is 26.0 Å². The third-order valence-corrected chi connectivity index (χ3v) is 4.35. The highest BCUT2D eigenvalue weighted by atomic mass is 15.3. The van der Waals surface area contributed by atoms with Crippen LogP contribution >= 0.6 is 0 Å². The molecule has 5 heteroatoms. The van der Waals surface area contributed by atoms with Crippen molar-refractivity contribution in [2.24, 2.45) is 0 Å². The standard InChI is InChI=1S/C16H17N5/c1-11-12(2)17-9-18-16(11)20-7-13(8-20)21-10-19-14-5-3-4-6-15(14)21/h3-6,9-10,13H,7-8H2,1-2H3. The van der Waals surface area contributed by atoms with Crippen molar-refractivity contribution < 1.29 is 0 Å². The Hall–Kier alpha value is -2.43. The molecule has 5 nitrogen and oxygen atoms in total. The van der Waals surface area contributed by atoms with Crippen LogP contribution in [-0.2, 0) is 0 Å². The number of para-hydroxylation sites is 2. The molecule has 4 rings (SSSR count). The third-order valence-electron chi connectivity index (χ3n) is 4.35. The van der Waals surface area contributed by atoms with E-state index in [1.807, 2.05) is 19.3 Å². The molecule has 1 aliphatic rings. The van der Waals surface area contributed by atoms with Crippen molar-refractivity contribution in [1.29, 1.82) is 0 Å². The number of aromatic nitrogens is 4. The van der Waals surface area contributed by atoms with Crippen LogP contribution in [0.25, 0.3) is 11.0 Å². The van der Waals surface area contributed by atoms with Crippen molar-refractivity contribution in [1.82, 2.24) is 19.5 Å². The normalized spacial score (nSPS) is 15.4. The van der Waals surface area contributed by atoms with Gasteiger partial charge in [-0.15, -0.1) is 0 Å². The maximum absolute atomic E-state index is 4.47. The maximum atomic E-state index is 4.47. The van der Waals surface area contributed by atoms with Gasteiger partial charge >= 0.3 is 0 Å². The molecule has 1 aromatic carbocycles. The van der Waals surface area contributed by atoms with Gasteiger partial charge in [0.2, 0.25) is 0 Å². The fourth-order valence-corrected chi connectivity index (χ4v) is 2.92. The second kappa shape index (κ2) is 4.55. The second-order valence-corrected chi connectivity index (χ2v) is 5.61. The van der Waals surface area contributed by atoms with Crippen molar-refractivity contribution >= 4 is 16.9 Å². The van der Waals surface area contributed by atoms with E-state index in [1.165, 1.54) is 11.1 Å². The molecule has 2 aromatic heterocycles. The fraction of sp³-hybridized carbons (Fsp3) is 0.312. The van der Waals surface area contributed by atoms with Gasteiger partial charge < -0.3 is 9.47 Å². The van der Waals surface area contributed by atoms with Crippen LogP contribution in [0.2, 0.25) is 0 Å². The predicted octanol–water partition coefficient (Wildman–Crippen LogP) is 2.50. The molecular weight excluding hydrogens is 262 g/mol. The summed E-state index contributed by atoms with van der Waals surface area (Å²) in [5.41, 5.74) is 4.49. The molecule has 0 radical (unpaired) electrons. The molecule has 0 bridgehead atoms. The smallest absolute Gasteiger partial charge is 0.135 e. The number of hydrogen-bond acceptors (Lipinski definition) is 4. The van der Waals surface area contributed by atoms with Crippen molar-refractivity contribution in [2.45, 2.75) is 19.9 Å². The summed E-state index contributed by atoms with van der Waals surface area (Å²) >= 11 is 0. The third kappa shape index (κ3) is 1.88. The minimum atomic E-state index is 0.465. The molecule has 1 aliphatic heterocycles. The van der Waals surface area contributed by atoms with Crippen LogP contribution in [0.5, 0.6) is 0 Å². The molecular formula is C16H17N5. The zero-order valence-electron chi connectivity index (χ0n) is 12.2. The molecule has 0 unspecified atom stereocenters. The van der Waals surface area contributed by atoms with E-state index < -0.39 is 0 Å². The molecule has 0 saturated carbocycles. The van der Waals surface area contributed by atoms with Gasteiger partial charge in [-0.2, -0.15) is 0 Å². The summed E-state index contributed by atoms with van der Waals surface area (Å²) in [6.45, 7) is 6.06. The Morgan fingerprint density at radius 3 is 2.71 bits per heavy atom. The molecule has 0 aliphatic carbocycles.